The van der Waals surface area contributed by atoms with E-state index in [1.165, 1.54) is 0 Å². The van der Waals surface area contributed by atoms with Crippen LogP contribution in [-0.2, 0) is 9.53 Å². The Balaban J connectivity index is 3.44. The second kappa shape index (κ2) is 12.7. The molecule has 1 N–H and O–H groups in total. The summed E-state index contributed by atoms with van der Waals surface area (Å²) >= 11 is 0. The molecule has 1 amide bonds. The maximum Gasteiger partial charge on any atom is 0.522 e. The Morgan fingerprint density at radius 1 is 1.00 bits per heavy atom. The lowest BCUT2D eigenvalue weighted by molar-refractivity contribution is -0.324. The lowest BCUT2D eigenvalue weighted by Gasteiger charge is -2.17. The summed E-state index contributed by atoms with van der Waals surface area (Å²) in [6, 6.07) is 0. The quantitative estimate of drug-likeness (QED) is 0.527. The molecular formula is C15H28F3NO3. The molecule has 0 aliphatic carbocycles. The Bertz CT molecular complexity index is 286. The average Bonchev–Trinajstić information content (AvgIpc) is 2.44. The Labute approximate surface area is 130 Å². The molecule has 4 nitrogen and oxygen atoms in total. The highest BCUT2D eigenvalue weighted by atomic mass is 19.4. The third-order valence-corrected chi connectivity index (χ3v) is 3.38. The van der Waals surface area contributed by atoms with Crippen LogP contribution in [0.2, 0.25) is 0 Å². The van der Waals surface area contributed by atoms with E-state index in [1.807, 2.05) is 0 Å². The van der Waals surface area contributed by atoms with Crippen LogP contribution in [0, 0.1) is 0 Å². The number of unbranched alkanes of at least 4 members (excludes halogenated alkanes) is 6. The fraction of sp³-hybridized carbons (Fsp3) is 0.933. The third-order valence-electron chi connectivity index (χ3n) is 3.38. The van der Waals surface area contributed by atoms with E-state index in [2.05, 4.69) is 4.74 Å². The highest BCUT2D eigenvalue weighted by Crippen LogP contribution is 2.17. The molecule has 0 aromatic heterocycles. The first-order valence-corrected chi connectivity index (χ1v) is 7.92. The van der Waals surface area contributed by atoms with Crippen LogP contribution in [0.5, 0.6) is 0 Å². The minimum absolute atomic E-state index is 0.0775. The van der Waals surface area contributed by atoms with Gasteiger partial charge in [0.15, 0.2) is 0 Å². The van der Waals surface area contributed by atoms with E-state index in [4.69, 9.17) is 5.11 Å². The third kappa shape index (κ3) is 14.1. The lowest BCUT2D eigenvalue weighted by Crippen LogP contribution is -2.27. The van der Waals surface area contributed by atoms with Gasteiger partial charge in [-0.15, -0.1) is 13.2 Å². The highest BCUT2D eigenvalue weighted by molar-refractivity contribution is 5.75. The van der Waals surface area contributed by atoms with E-state index in [1.54, 1.807) is 11.9 Å². The number of amides is 1. The normalized spacial score (nSPS) is 11.7. The summed E-state index contributed by atoms with van der Waals surface area (Å²) in [5.74, 6) is 0.0775. The molecule has 0 atom stereocenters. The number of carbonyl (C=O) groups excluding carboxylic acids is 1. The molecule has 0 aromatic carbocycles. The number of nitrogens with zero attached hydrogens (tertiary/aromatic N) is 1. The van der Waals surface area contributed by atoms with Gasteiger partial charge in [0, 0.05) is 26.6 Å². The van der Waals surface area contributed by atoms with Crippen molar-refractivity contribution in [3.63, 3.8) is 0 Å². The summed E-state index contributed by atoms with van der Waals surface area (Å²) in [5, 5.41) is 8.65. The second-order valence-electron chi connectivity index (χ2n) is 5.41. The standard InChI is InChI=1S/C15H28F3NO3/c1-19(11-7-3-4-8-12-20)14(21)10-6-2-5-9-13-22-15(16,17)18/h20H,2-13H2,1H3. The van der Waals surface area contributed by atoms with Crippen molar-refractivity contribution in [2.45, 2.75) is 64.1 Å². The van der Waals surface area contributed by atoms with Gasteiger partial charge < -0.3 is 10.0 Å². The minimum atomic E-state index is -4.55. The molecule has 0 heterocycles. The summed E-state index contributed by atoms with van der Waals surface area (Å²) in [6.45, 7) is 0.609. The van der Waals surface area contributed by atoms with E-state index < -0.39 is 6.36 Å². The zero-order valence-corrected chi connectivity index (χ0v) is 13.3. The van der Waals surface area contributed by atoms with Gasteiger partial charge in [-0.25, -0.2) is 0 Å². The minimum Gasteiger partial charge on any atom is -0.396 e. The predicted molar refractivity (Wildman–Crippen MR) is 78.3 cm³/mol. The first-order valence-electron chi connectivity index (χ1n) is 7.92. The van der Waals surface area contributed by atoms with Crippen molar-refractivity contribution in [3.05, 3.63) is 0 Å². The van der Waals surface area contributed by atoms with Crippen LogP contribution in [0.3, 0.4) is 0 Å². The largest absolute Gasteiger partial charge is 0.522 e. The van der Waals surface area contributed by atoms with Crippen molar-refractivity contribution in [2.75, 3.05) is 26.8 Å². The van der Waals surface area contributed by atoms with Gasteiger partial charge in [-0.2, -0.15) is 0 Å². The van der Waals surface area contributed by atoms with Gasteiger partial charge >= 0.3 is 6.36 Å². The first-order chi connectivity index (χ1) is 10.4. The van der Waals surface area contributed by atoms with Crippen LogP contribution < -0.4 is 0 Å². The molecule has 0 fully saturated rings. The number of halogens is 3. The molecule has 0 aromatic rings. The van der Waals surface area contributed by atoms with Crippen LogP contribution >= 0.6 is 0 Å². The molecule has 0 rings (SSSR count). The number of rotatable bonds is 13. The lowest BCUT2D eigenvalue weighted by atomic mass is 10.1. The van der Waals surface area contributed by atoms with Gasteiger partial charge in [0.2, 0.25) is 5.91 Å². The van der Waals surface area contributed by atoms with Crippen LogP contribution in [-0.4, -0.2) is 49.1 Å². The molecule has 0 bridgehead atoms. The first kappa shape index (κ1) is 21.2. The number of ether oxygens (including phenoxy) is 1. The topological polar surface area (TPSA) is 49.8 Å². The van der Waals surface area contributed by atoms with E-state index in [9.17, 15) is 18.0 Å². The summed E-state index contributed by atoms with van der Waals surface area (Å²) < 4.78 is 38.8. The summed E-state index contributed by atoms with van der Waals surface area (Å²) in [6.07, 6.45) is 2.01. The predicted octanol–water partition coefficient (Wildman–Crippen LogP) is 3.48. The van der Waals surface area contributed by atoms with E-state index in [0.717, 1.165) is 32.1 Å². The highest BCUT2D eigenvalue weighted by Gasteiger charge is 2.28. The van der Waals surface area contributed by atoms with E-state index >= 15 is 0 Å². The van der Waals surface area contributed by atoms with Gasteiger partial charge in [-0.1, -0.05) is 25.7 Å². The second-order valence-corrected chi connectivity index (χ2v) is 5.41. The molecule has 0 saturated heterocycles. The van der Waals surface area contributed by atoms with Gasteiger partial charge in [-0.05, 0) is 25.7 Å². The number of hydrogen-bond donors (Lipinski definition) is 1. The average molecular weight is 327 g/mol. The number of hydrogen-bond acceptors (Lipinski definition) is 3. The Morgan fingerprint density at radius 3 is 2.23 bits per heavy atom. The number of aliphatic hydroxyl groups excluding tert-OH is 1. The molecule has 0 unspecified atom stereocenters. The number of carbonyl (C=O) groups is 1. The van der Waals surface area contributed by atoms with Crippen LogP contribution in [0.1, 0.15) is 57.8 Å². The molecule has 0 radical (unpaired) electrons. The Kier molecular flexibility index (Phi) is 12.2. The van der Waals surface area contributed by atoms with E-state index in [0.29, 0.717) is 32.2 Å². The molecule has 0 spiro atoms. The fourth-order valence-corrected chi connectivity index (χ4v) is 2.05. The summed E-state index contributed by atoms with van der Waals surface area (Å²) in [5.41, 5.74) is 0. The zero-order chi connectivity index (χ0) is 16.8. The number of alkyl halides is 3. The van der Waals surface area contributed by atoms with Crippen molar-refractivity contribution in [1.82, 2.24) is 4.90 Å². The van der Waals surface area contributed by atoms with Crippen molar-refractivity contribution < 1.29 is 27.8 Å². The van der Waals surface area contributed by atoms with Crippen LogP contribution in [0.15, 0.2) is 0 Å². The van der Waals surface area contributed by atoms with Gasteiger partial charge in [0.1, 0.15) is 0 Å². The maximum atomic E-state index is 11.8. The fourth-order valence-electron chi connectivity index (χ4n) is 2.05. The molecule has 22 heavy (non-hydrogen) atoms. The van der Waals surface area contributed by atoms with Gasteiger partial charge in [-0.3, -0.25) is 9.53 Å². The van der Waals surface area contributed by atoms with Gasteiger partial charge in [0.05, 0.1) is 6.61 Å². The Hall–Kier alpha value is -0.820. The molecule has 0 aliphatic heterocycles. The smallest absolute Gasteiger partial charge is 0.396 e. The molecular weight excluding hydrogens is 299 g/mol. The number of aliphatic hydroxyl groups is 1. The Morgan fingerprint density at radius 2 is 1.59 bits per heavy atom. The van der Waals surface area contributed by atoms with Crippen molar-refractivity contribution in [1.29, 1.82) is 0 Å². The van der Waals surface area contributed by atoms with Crippen LogP contribution in [0.25, 0.3) is 0 Å². The SMILES string of the molecule is CN(CCCCCCO)C(=O)CCCCCCOC(F)(F)F. The van der Waals surface area contributed by atoms with Crippen LogP contribution in [0.4, 0.5) is 13.2 Å². The maximum absolute atomic E-state index is 11.8. The van der Waals surface area contributed by atoms with E-state index in [-0.39, 0.29) is 19.1 Å². The van der Waals surface area contributed by atoms with Gasteiger partial charge in [0.25, 0.3) is 0 Å². The molecule has 0 saturated carbocycles. The van der Waals surface area contributed by atoms with Crippen molar-refractivity contribution >= 4 is 5.91 Å². The molecule has 0 aliphatic rings. The summed E-state index contributed by atoms with van der Waals surface area (Å²) in [7, 11) is 1.77. The zero-order valence-electron chi connectivity index (χ0n) is 13.3. The monoisotopic (exact) mass is 327 g/mol. The molecule has 7 heteroatoms. The van der Waals surface area contributed by atoms with Crippen molar-refractivity contribution in [2.24, 2.45) is 0 Å². The van der Waals surface area contributed by atoms with Crippen molar-refractivity contribution in [3.8, 4) is 0 Å². The molecule has 132 valence electrons. The summed E-state index contributed by atoms with van der Waals surface area (Å²) in [4.78, 5) is 13.5.